The molecule has 0 aromatic heterocycles. The quantitative estimate of drug-likeness (QED) is 0.591. The first kappa shape index (κ1) is 7.83. The zero-order valence-electron chi connectivity index (χ0n) is 5.17. The molecule has 0 radical (unpaired) electrons. The number of nitrogens with zero attached hydrogens (tertiary/aromatic N) is 1. The molecule has 1 rings (SSSR count). The average molecular weight is 180 g/mol. The molecule has 1 saturated carbocycles. The molecule has 0 bridgehead atoms. The van der Waals surface area contributed by atoms with Crippen LogP contribution in [-0.4, -0.2) is 14.2 Å². The van der Waals surface area contributed by atoms with Crippen LogP contribution in [-0.2, 0) is 9.05 Å². The molecule has 1 aliphatic carbocycles. The second-order valence-electron chi connectivity index (χ2n) is 2.58. The first-order valence-electron chi connectivity index (χ1n) is 2.81. The van der Waals surface area contributed by atoms with Crippen LogP contribution >= 0.6 is 10.7 Å². The van der Waals surface area contributed by atoms with Gasteiger partial charge in [0.15, 0.2) is 0 Å². The van der Waals surface area contributed by atoms with Crippen molar-refractivity contribution in [1.29, 1.82) is 5.26 Å². The van der Waals surface area contributed by atoms with Crippen molar-refractivity contribution in [3.8, 4) is 6.07 Å². The van der Waals surface area contributed by atoms with E-state index in [-0.39, 0.29) is 5.75 Å². The molecule has 0 aliphatic heterocycles. The molecule has 1 aliphatic rings. The molecule has 0 saturated heterocycles. The summed E-state index contributed by atoms with van der Waals surface area (Å²) in [6, 6.07) is 1.95. The molecule has 0 amide bonds. The second-order valence-corrected chi connectivity index (χ2v) is 5.35. The Labute approximate surface area is 64.0 Å². The molecule has 0 unspecified atom stereocenters. The van der Waals surface area contributed by atoms with Gasteiger partial charge in [0.1, 0.15) is 0 Å². The van der Waals surface area contributed by atoms with Crippen LogP contribution in [0, 0.1) is 16.7 Å². The molecule has 0 heterocycles. The van der Waals surface area contributed by atoms with Crippen LogP contribution in [0.3, 0.4) is 0 Å². The summed E-state index contributed by atoms with van der Waals surface area (Å²) in [6.07, 6.45) is 1.32. The summed E-state index contributed by atoms with van der Waals surface area (Å²) in [4.78, 5) is 0. The van der Waals surface area contributed by atoms with Gasteiger partial charge in [0.2, 0.25) is 9.05 Å². The number of hydrogen-bond donors (Lipinski definition) is 0. The minimum absolute atomic E-state index is 0.196. The van der Waals surface area contributed by atoms with Gasteiger partial charge < -0.3 is 0 Å². The zero-order valence-corrected chi connectivity index (χ0v) is 6.74. The molecular weight excluding hydrogens is 174 g/mol. The van der Waals surface area contributed by atoms with Gasteiger partial charge in [-0.1, -0.05) is 0 Å². The lowest BCUT2D eigenvalue weighted by molar-refractivity contribution is 0.597. The third-order valence-corrected chi connectivity index (χ3v) is 2.76. The van der Waals surface area contributed by atoms with Crippen molar-refractivity contribution in [3.05, 3.63) is 0 Å². The SMILES string of the molecule is N#CC1(CS(=O)(=O)Cl)CC1. The molecule has 10 heavy (non-hydrogen) atoms. The number of rotatable bonds is 2. The van der Waals surface area contributed by atoms with E-state index in [0.29, 0.717) is 12.8 Å². The Hall–Kier alpha value is -0.270. The van der Waals surface area contributed by atoms with E-state index in [4.69, 9.17) is 15.9 Å². The van der Waals surface area contributed by atoms with Gasteiger partial charge in [-0.3, -0.25) is 0 Å². The highest BCUT2D eigenvalue weighted by Gasteiger charge is 2.46. The van der Waals surface area contributed by atoms with Gasteiger partial charge >= 0.3 is 0 Å². The lowest BCUT2D eigenvalue weighted by Gasteiger charge is -1.98. The minimum atomic E-state index is -3.48. The summed E-state index contributed by atoms with van der Waals surface area (Å²) in [5.41, 5.74) is -0.638. The maximum Gasteiger partial charge on any atom is 0.234 e. The third kappa shape index (κ3) is 1.86. The lowest BCUT2D eigenvalue weighted by Crippen LogP contribution is -2.10. The first-order chi connectivity index (χ1) is 4.47. The van der Waals surface area contributed by atoms with Crippen LogP contribution in [0.4, 0.5) is 0 Å². The third-order valence-electron chi connectivity index (χ3n) is 1.54. The van der Waals surface area contributed by atoms with Crippen LogP contribution < -0.4 is 0 Å². The first-order valence-corrected chi connectivity index (χ1v) is 5.29. The topological polar surface area (TPSA) is 57.9 Å². The fraction of sp³-hybridized carbons (Fsp3) is 0.800. The van der Waals surface area contributed by atoms with Crippen molar-refractivity contribution < 1.29 is 8.42 Å². The minimum Gasteiger partial charge on any atom is -0.212 e. The Morgan fingerprint density at radius 2 is 2.10 bits per heavy atom. The van der Waals surface area contributed by atoms with Crippen LogP contribution in [0.2, 0.25) is 0 Å². The fourth-order valence-electron chi connectivity index (χ4n) is 0.769. The van der Waals surface area contributed by atoms with Gasteiger partial charge in [0.05, 0.1) is 17.2 Å². The van der Waals surface area contributed by atoms with Gasteiger partial charge in [0.25, 0.3) is 0 Å². The van der Waals surface area contributed by atoms with Crippen LogP contribution in [0.5, 0.6) is 0 Å². The Balaban J connectivity index is 2.65. The Morgan fingerprint density at radius 1 is 1.60 bits per heavy atom. The van der Waals surface area contributed by atoms with Gasteiger partial charge in [0, 0.05) is 10.7 Å². The van der Waals surface area contributed by atoms with Crippen molar-refractivity contribution in [3.63, 3.8) is 0 Å². The maximum atomic E-state index is 10.5. The standard InChI is InChI=1S/C5H6ClNO2S/c6-10(8,9)4-5(3-7)1-2-5/h1-2,4H2. The second kappa shape index (κ2) is 2.11. The normalized spacial score (nSPS) is 21.6. The molecular formula is C5H6ClNO2S. The Kier molecular flexibility index (Phi) is 1.65. The summed E-state index contributed by atoms with van der Waals surface area (Å²) >= 11 is 0. The maximum absolute atomic E-state index is 10.5. The van der Waals surface area contributed by atoms with E-state index >= 15 is 0 Å². The van der Waals surface area contributed by atoms with Gasteiger partial charge in [-0.15, -0.1) is 0 Å². The smallest absolute Gasteiger partial charge is 0.212 e. The number of nitriles is 1. The van der Waals surface area contributed by atoms with Crippen molar-refractivity contribution in [1.82, 2.24) is 0 Å². The number of halogens is 1. The van der Waals surface area contributed by atoms with E-state index in [1.54, 1.807) is 0 Å². The largest absolute Gasteiger partial charge is 0.234 e. The number of hydrogen-bond acceptors (Lipinski definition) is 3. The predicted molar refractivity (Wildman–Crippen MR) is 36.9 cm³/mol. The van der Waals surface area contributed by atoms with Crippen molar-refractivity contribution in [2.45, 2.75) is 12.8 Å². The Bertz CT molecular complexity index is 273. The van der Waals surface area contributed by atoms with Crippen LogP contribution in [0.15, 0.2) is 0 Å². The van der Waals surface area contributed by atoms with Gasteiger partial charge in [-0.05, 0) is 12.8 Å². The Morgan fingerprint density at radius 3 is 2.20 bits per heavy atom. The molecule has 0 aromatic rings. The van der Waals surface area contributed by atoms with Gasteiger partial charge in [-0.2, -0.15) is 5.26 Å². The fourth-order valence-corrected chi connectivity index (χ4v) is 2.41. The van der Waals surface area contributed by atoms with E-state index < -0.39 is 14.5 Å². The zero-order chi connectivity index (χ0) is 7.83. The van der Waals surface area contributed by atoms with E-state index in [2.05, 4.69) is 0 Å². The summed E-state index contributed by atoms with van der Waals surface area (Å²) < 4.78 is 20.9. The van der Waals surface area contributed by atoms with E-state index in [0.717, 1.165) is 0 Å². The monoisotopic (exact) mass is 179 g/mol. The molecule has 1 fully saturated rings. The highest BCUT2D eigenvalue weighted by molar-refractivity contribution is 8.13. The van der Waals surface area contributed by atoms with Crippen molar-refractivity contribution >= 4 is 19.7 Å². The van der Waals surface area contributed by atoms with Crippen LogP contribution in [0.1, 0.15) is 12.8 Å². The molecule has 0 atom stereocenters. The summed E-state index contributed by atoms with van der Waals surface area (Å²) in [5, 5.41) is 8.45. The highest BCUT2D eigenvalue weighted by Crippen LogP contribution is 2.46. The molecule has 5 heteroatoms. The van der Waals surface area contributed by atoms with Crippen molar-refractivity contribution in [2.75, 3.05) is 5.75 Å². The van der Waals surface area contributed by atoms with E-state index in [1.165, 1.54) is 0 Å². The van der Waals surface area contributed by atoms with Crippen molar-refractivity contribution in [2.24, 2.45) is 5.41 Å². The molecule has 0 N–H and O–H groups in total. The predicted octanol–water partition coefficient (Wildman–Crippen LogP) is 0.859. The summed E-state index contributed by atoms with van der Waals surface area (Å²) in [5.74, 6) is -0.196. The van der Waals surface area contributed by atoms with E-state index in [1.807, 2.05) is 6.07 Å². The lowest BCUT2D eigenvalue weighted by atomic mass is 10.2. The highest BCUT2D eigenvalue weighted by atomic mass is 35.7. The molecule has 0 spiro atoms. The molecule has 0 aromatic carbocycles. The summed E-state index contributed by atoms with van der Waals surface area (Å²) in [7, 11) is 1.48. The van der Waals surface area contributed by atoms with Gasteiger partial charge in [-0.25, -0.2) is 8.42 Å². The van der Waals surface area contributed by atoms with Crippen LogP contribution in [0.25, 0.3) is 0 Å². The van der Waals surface area contributed by atoms with E-state index in [9.17, 15) is 8.42 Å². The average Bonchev–Trinajstić information content (AvgIpc) is 2.45. The molecule has 3 nitrogen and oxygen atoms in total. The molecule has 56 valence electrons. The summed E-state index contributed by atoms with van der Waals surface area (Å²) in [6.45, 7) is 0.